The number of halogens is 4. The second-order valence-electron chi connectivity index (χ2n) is 8.39. The SMILES string of the molecule is CNc1[nH]ccc1C(=N)N1CCCC(c2ccc(OC(F)(F)F)c(NC(=O)c3ccccc3F)c2)C1. The van der Waals surface area contributed by atoms with Crippen molar-refractivity contribution in [2.45, 2.75) is 25.1 Å². The summed E-state index contributed by atoms with van der Waals surface area (Å²) in [5, 5.41) is 14.0. The third-order valence-corrected chi connectivity index (χ3v) is 6.06. The molecule has 11 heteroatoms. The zero-order chi connectivity index (χ0) is 25.9. The molecule has 190 valence electrons. The minimum absolute atomic E-state index is 0.111. The van der Waals surface area contributed by atoms with Crippen molar-refractivity contribution in [2.24, 2.45) is 0 Å². The predicted molar refractivity (Wildman–Crippen MR) is 128 cm³/mol. The molecule has 4 rings (SSSR count). The van der Waals surface area contributed by atoms with Gasteiger partial charge in [-0.05, 0) is 48.7 Å². The molecule has 2 aromatic carbocycles. The first-order valence-electron chi connectivity index (χ1n) is 11.3. The minimum Gasteiger partial charge on any atom is -0.404 e. The zero-order valence-electron chi connectivity index (χ0n) is 19.4. The molecule has 1 fully saturated rings. The molecule has 0 spiro atoms. The van der Waals surface area contributed by atoms with Crippen LogP contribution in [-0.4, -0.2) is 48.1 Å². The lowest BCUT2D eigenvalue weighted by Crippen LogP contribution is -2.39. The maximum absolute atomic E-state index is 14.1. The second kappa shape index (κ2) is 10.3. The summed E-state index contributed by atoms with van der Waals surface area (Å²) >= 11 is 0. The number of carbonyl (C=O) groups is 1. The fourth-order valence-corrected chi connectivity index (χ4v) is 4.34. The van der Waals surface area contributed by atoms with Crippen molar-refractivity contribution >= 4 is 23.2 Å². The molecule has 0 radical (unpaired) electrons. The molecule has 7 nitrogen and oxygen atoms in total. The zero-order valence-corrected chi connectivity index (χ0v) is 19.4. The minimum atomic E-state index is -4.97. The number of hydrogen-bond donors (Lipinski definition) is 4. The van der Waals surface area contributed by atoms with Gasteiger partial charge in [0.15, 0.2) is 5.75 Å². The summed E-state index contributed by atoms with van der Waals surface area (Å²) in [4.78, 5) is 17.6. The highest BCUT2D eigenvalue weighted by Crippen LogP contribution is 2.36. The molecule has 1 amide bonds. The Morgan fingerprint density at radius 1 is 1.17 bits per heavy atom. The van der Waals surface area contributed by atoms with Crippen LogP contribution in [0.2, 0.25) is 0 Å². The van der Waals surface area contributed by atoms with Crippen molar-refractivity contribution < 1.29 is 27.1 Å². The van der Waals surface area contributed by atoms with Gasteiger partial charge < -0.3 is 25.3 Å². The molecule has 4 N–H and O–H groups in total. The lowest BCUT2D eigenvalue weighted by molar-refractivity contribution is -0.274. The first-order chi connectivity index (χ1) is 17.2. The highest BCUT2D eigenvalue weighted by molar-refractivity contribution is 6.05. The number of rotatable bonds is 6. The highest BCUT2D eigenvalue weighted by Gasteiger charge is 2.33. The number of H-pyrrole nitrogens is 1. The molecule has 2 heterocycles. The maximum Gasteiger partial charge on any atom is 0.573 e. The Hall–Kier alpha value is -4.02. The number of carbonyl (C=O) groups excluding carboxylic acids is 1. The van der Waals surface area contributed by atoms with Gasteiger partial charge in [-0.15, -0.1) is 13.2 Å². The molecule has 1 aliphatic rings. The smallest absolute Gasteiger partial charge is 0.404 e. The monoisotopic (exact) mass is 503 g/mol. The number of alkyl halides is 3. The molecule has 3 aromatic rings. The molecule has 1 atom stereocenters. The van der Waals surface area contributed by atoms with Crippen molar-refractivity contribution in [1.82, 2.24) is 9.88 Å². The lowest BCUT2D eigenvalue weighted by Gasteiger charge is -2.35. The van der Waals surface area contributed by atoms with Crippen molar-refractivity contribution in [2.75, 3.05) is 30.8 Å². The van der Waals surface area contributed by atoms with Crippen molar-refractivity contribution in [3.63, 3.8) is 0 Å². The number of aromatic nitrogens is 1. The molecule has 0 aliphatic carbocycles. The fourth-order valence-electron chi connectivity index (χ4n) is 4.34. The number of ether oxygens (including phenoxy) is 1. The van der Waals surface area contributed by atoms with Gasteiger partial charge >= 0.3 is 6.36 Å². The molecule has 36 heavy (non-hydrogen) atoms. The average molecular weight is 504 g/mol. The fraction of sp³-hybridized carbons (Fsp3) is 0.280. The number of benzene rings is 2. The Morgan fingerprint density at radius 2 is 1.94 bits per heavy atom. The summed E-state index contributed by atoms with van der Waals surface area (Å²) in [5.41, 5.74) is 0.872. The normalized spacial score (nSPS) is 15.9. The van der Waals surface area contributed by atoms with Crippen LogP contribution in [0.3, 0.4) is 0 Å². The summed E-state index contributed by atoms with van der Waals surface area (Å²) in [5.74, 6) is -1.35. The Kier molecular flexibility index (Phi) is 7.18. The summed E-state index contributed by atoms with van der Waals surface area (Å²) in [6.07, 6.45) is -1.72. The number of likely N-dealkylation sites (tertiary alicyclic amines) is 1. The predicted octanol–water partition coefficient (Wildman–Crippen LogP) is 5.55. The van der Waals surface area contributed by atoms with Crippen LogP contribution in [0.15, 0.2) is 54.7 Å². The third kappa shape index (κ3) is 5.61. The van der Waals surface area contributed by atoms with Crippen molar-refractivity contribution in [3.05, 3.63) is 77.2 Å². The number of aromatic amines is 1. The van der Waals surface area contributed by atoms with E-state index in [-0.39, 0.29) is 17.2 Å². The number of amides is 1. The summed E-state index contributed by atoms with van der Waals surface area (Å²) in [7, 11) is 1.75. The number of hydrogen-bond acceptors (Lipinski definition) is 4. The van der Waals surface area contributed by atoms with E-state index in [1.165, 1.54) is 30.3 Å². The van der Waals surface area contributed by atoms with Gasteiger partial charge in [0.2, 0.25) is 0 Å². The second-order valence-corrected chi connectivity index (χ2v) is 8.39. The summed E-state index contributed by atoms with van der Waals surface area (Å²) in [6, 6.07) is 11.1. The lowest BCUT2D eigenvalue weighted by atomic mass is 9.89. The Morgan fingerprint density at radius 3 is 2.67 bits per heavy atom. The molecule has 1 aromatic heterocycles. The topological polar surface area (TPSA) is 93.2 Å². The molecule has 1 unspecified atom stereocenters. The number of piperidine rings is 1. The van der Waals surface area contributed by atoms with E-state index >= 15 is 0 Å². The Bertz CT molecular complexity index is 1260. The van der Waals surface area contributed by atoms with Crippen LogP contribution in [0.1, 0.15) is 40.2 Å². The molecule has 1 aliphatic heterocycles. The third-order valence-electron chi connectivity index (χ3n) is 6.06. The van der Waals surface area contributed by atoms with Crippen molar-refractivity contribution in [3.8, 4) is 5.75 Å². The number of amidine groups is 1. The van der Waals surface area contributed by atoms with E-state index in [1.807, 2.05) is 4.90 Å². The van der Waals surface area contributed by atoms with Crippen LogP contribution in [0.4, 0.5) is 29.1 Å². The first-order valence-corrected chi connectivity index (χ1v) is 11.3. The molecule has 0 saturated carbocycles. The number of nitrogens with one attached hydrogen (secondary N) is 4. The van der Waals surface area contributed by atoms with E-state index in [0.29, 0.717) is 35.9 Å². The average Bonchev–Trinajstić information content (AvgIpc) is 3.33. The standard InChI is InChI=1S/C25H25F4N5O2/c1-31-23-18(10-11-32-23)22(30)34-12-4-5-16(14-34)15-8-9-21(36-25(27,28)29)20(13-15)33-24(35)17-6-2-3-7-19(17)26/h2-3,6-11,13,16,30-32H,4-5,12,14H2,1H3,(H,33,35). The summed E-state index contributed by atoms with van der Waals surface area (Å²) < 4.78 is 57.2. The van der Waals surface area contributed by atoms with Gasteiger partial charge in [0.05, 0.1) is 16.8 Å². The maximum atomic E-state index is 14.1. The van der Waals surface area contributed by atoms with Crippen molar-refractivity contribution in [1.29, 1.82) is 5.41 Å². The molecular formula is C25H25F4N5O2. The van der Waals surface area contributed by atoms with Gasteiger partial charge in [0.25, 0.3) is 5.91 Å². The van der Waals surface area contributed by atoms with Crippen LogP contribution in [0.25, 0.3) is 0 Å². The van der Waals surface area contributed by atoms with E-state index < -0.39 is 23.8 Å². The van der Waals surface area contributed by atoms with Gasteiger partial charge in [-0.25, -0.2) is 4.39 Å². The van der Waals surface area contributed by atoms with Gasteiger partial charge in [0.1, 0.15) is 17.5 Å². The van der Waals surface area contributed by atoms with Gasteiger partial charge in [-0.2, -0.15) is 0 Å². The van der Waals surface area contributed by atoms with Crippen LogP contribution >= 0.6 is 0 Å². The van der Waals surface area contributed by atoms with Gasteiger partial charge in [-0.1, -0.05) is 18.2 Å². The number of anilines is 2. The Balaban J connectivity index is 1.60. The Labute approximate surface area is 205 Å². The van der Waals surface area contributed by atoms with Gasteiger partial charge in [0, 0.05) is 32.3 Å². The first kappa shape index (κ1) is 25.1. The number of nitrogens with zero attached hydrogens (tertiary/aromatic N) is 1. The largest absolute Gasteiger partial charge is 0.573 e. The van der Waals surface area contributed by atoms with E-state index in [0.717, 1.165) is 25.0 Å². The highest BCUT2D eigenvalue weighted by atomic mass is 19.4. The molecule has 1 saturated heterocycles. The quantitative estimate of drug-likeness (QED) is 0.202. The van der Waals surface area contributed by atoms with Crippen LogP contribution in [0, 0.1) is 11.2 Å². The van der Waals surface area contributed by atoms with Gasteiger partial charge in [-0.3, -0.25) is 10.2 Å². The molecule has 0 bridgehead atoms. The van der Waals surface area contributed by atoms with E-state index in [1.54, 1.807) is 19.3 Å². The van der Waals surface area contributed by atoms with E-state index in [2.05, 4.69) is 20.4 Å². The van der Waals surface area contributed by atoms with E-state index in [4.69, 9.17) is 5.41 Å². The van der Waals surface area contributed by atoms with Crippen LogP contribution in [0.5, 0.6) is 5.75 Å². The van der Waals surface area contributed by atoms with Crippen LogP contribution < -0.4 is 15.4 Å². The van der Waals surface area contributed by atoms with Crippen LogP contribution in [-0.2, 0) is 0 Å². The molecular weight excluding hydrogens is 478 g/mol. The summed E-state index contributed by atoms with van der Waals surface area (Å²) in [6.45, 7) is 1.13. The van der Waals surface area contributed by atoms with E-state index in [9.17, 15) is 22.4 Å².